The zero-order valence-corrected chi connectivity index (χ0v) is 16.4. The largest absolute Gasteiger partial charge is 0.373 e. The van der Waals surface area contributed by atoms with Crippen molar-refractivity contribution < 1.29 is 14.3 Å². The van der Waals surface area contributed by atoms with Crippen LogP contribution in [0.15, 0.2) is 30.3 Å². The number of benzene rings is 1. The average Bonchev–Trinajstić information content (AvgIpc) is 3.06. The molecule has 2 atom stereocenters. The number of piperidine rings is 1. The topological polar surface area (TPSA) is 61.9 Å². The predicted molar refractivity (Wildman–Crippen MR) is 104 cm³/mol. The third-order valence-corrected chi connectivity index (χ3v) is 5.60. The van der Waals surface area contributed by atoms with E-state index in [2.05, 4.69) is 22.3 Å². The fourth-order valence-electron chi connectivity index (χ4n) is 3.96. The summed E-state index contributed by atoms with van der Waals surface area (Å²) in [7, 11) is 1.97. The Hall–Kier alpha value is -1.92. The number of ether oxygens (including phenoxy) is 1. The van der Waals surface area contributed by atoms with Crippen LogP contribution in [0.4, 0.5) is 0 Å². The zero-order valence-electron chi connectivity index (χ0n) is 16.4. The van der Waals surface area contributed by atoms with Gasteiger partial charge < -0.3 is 15.0 Å². The number of nitrogens with one attached hydrogen (secondary N) is 1. The minimum Gasteiger partial charge on any atom is -0.373 e. The highest BCUT2D eigenvalue weighted by atomic mass is 16.5. The minimum atomic E-state index is -0.131. The number of likely N-dealkylation sites (N-methyl/N-ethyl adjacent to an activating group) is 1. The van der Waals surface area contributed by atoms with E-state index < -0.39 is 0 Å². The number of hydrogen-bond donors (Lipinski definition) is 1. The van der Waals surface area contributed by atoms with Crippen molar-refractivity contribution in [2.75, 3.05) is 26.7 Å². The van der Waals surface area contributed by atoms with Crippen molar-refractivity contribution in [1.82, 2.24) is 15.1 Å². The van der Waals surface area contributed by atoms with E-state index in [1.165, 1.54) is 5.56 Å². The first-order valence-electron chi connectivity index (χ1n) is 10.0. The van der Waals surface area contributed by atoms with Crippen LogP contribution in [0, 0.1) is 0 Å². The highest BCUT2D eigenvalue weighted by molar-refractivity contribution is 5.83. The summed E-state index contributed by atoms with van der Waals surface area (Å²) in [5.41, 5.74) is 1.18. The Morgan fingerprint density at radius 3 is 2.56 bits per heavy atom. The second-order valence-corrected chi connectivity index (χ2v) is 7.63. The molecular weight excluding hydrogens is 342 g/mol. The van der Waals surface area contributed by atoms with Gasteiger partial charge in [0.05, 0.1) is 18.8 Å². The van der Waals surface area contributed by atoms with Gasteiger partial charge in [0.1, 0.15) is 0 Å². The number of amides is 2. The molecule has 6 heteroatoms. The van der Waals surface area contributed by atoms with Crippen LogP contribution in [0.1, 0.15) is 38.2 Å². The van der Waals surface area contributed by atoms with Crippen molar-refractivity contribution in [1.29, 1.82) is 0 Å². The molecule has 2 heterocycles. The van der Waals surface area contributed by atoms with Gasteiger partial charge in [0.25, 0.3) is 0 Å². The van der Waals surface area contributed by atoms with Gasteiger partial charge in [-0.05, 0) is 31.9 Å². The SMILES string of the molecule is CCC(=O)NC1CC(C(=O)N2CCC(OCc3ccccc3)CC2)N(C)C1. The molecule has 2 fully saturated rings. The van der Waals surface area contributed by atoms with Crippen LogP contribution in [0.5, 0.6) is 0 Å². The smallest absolute Gasteiger partial charge is 0.240 e. The maximum absolute atomic E-state index is 12.9. The molecule has 0 radical (unpaired) electrons. The van der Waals surface area contributed by atoms with Gasteiger partial charge >= 0.3 is 0 Å². The molecule has 2 amide bonds. The molecule has 0 bridgehead atoms. The standard InChI is InChI=1S/C21H31N3O3/c1-3-20(25)22-17-13-19(23(2)14-17)21(26)24-11-9-18(10-12-24)27-15-16-7-5-4-6-8-16/h4-8,17-19H,3,9-15H2,1-2H3,(H,22,25). The number of carbonyl (C=O) groups excluding carboxylic acids is 2. The summed E-state index contributed by atoms with van der Waals surface area (Å²) in [4.78, 5) is 28.6. The van der Waals surface area contributed by atoms with Crippen molar-refractivity contribution in [3.8, 4) is 0 Å². The Morgan fingerprint density at radius 2 is 1.89 bits per heavy atom. The summed E-state index contributed by atoms with van der Waals surface area (Å²) in [6, 6.07) is 10.1. The molecule has 2 unspecified atom stereocenters. The second-order valence-electron chi connectivity index (χ2n) is 7.63. The lowest BCUT2D eigenvalue weighted by atomic mass is 10.0. The van der Waals surface area contributed by atoms with Crippen LogP contribution in [0.25, 0.3) is 0 Å². The second kappa shape index (κ2) is 9.33. The lowest BCUT2D eigenvalue weighted by Gasteiger charge is -2.34. The first kappa shape index (κ1) is 19.8. The molecule has 1 N–H and O–H groups in total. The molecule has 0 aromatic heterocycles. The number of rotatable bonds is 6. The van der Waals surface area contributed by atoms with Gasteiger partial charge in [0.15, 0.2) is 0 Å². The number of likely N-dealkylation sites (tertiary alicyclic amines) is 2. The summed E-state index contributed by atoms with van der Waals surface area (Å²) < 4.78 is 6.02. The summed E-state index contributed by atoms with van der Waals surface area (Å²) in [5.74, 6) is 0.241. The Kier molecular flexibility index (Phi) is 6.85. The molecule has 27 heavy (non-hydrogen) atoms. The quantitative estimate of drug-likeness (QED) is 0.826. The predicted octanol–water partition coefficient (Wildman–Crippen LogP) is 1.79. The summed E-state index contributed by atoms with van der Waals surface area (Å²) in [6.07, 6.45) is 3.16. The highest BCUT2D eigenvalue weighted by Crippen LogP contribution is 2.22. The monoisotopic (exact) mass is 373 g/mol. The highest BCUT2D eigenvalue weighted by Gasteiger charge is 2.38. The van der Waals surface area contributed by atoms with E-state index in [9.17, 15) is 9.59 Å². The van der Waals surface area contributed by atoms with Crippen LogP contribution >= 0.6 is 0 Å². The fourth-order valence-corrected chi connectivity index (χ4v) is 3.96. The lowest BCUT2D eigenvalue weighted by Crippen LogP contribution is -2.48. The third kappa shape index (κ3) is 5.30. The fraction of sp³-hybridized carbons (Fsp3) is 0.619. The maximum Gasteiger partial charge on any atom is 0.240 e. The van der Waals surface area contributed by atoms with Gasteiger partial charge in [-0.1, -0.05) is 37.3 Å². The van der Waals surface area contributed by atoms with Gasteiger partial charge in [-0.2, -0.15) is 0 Å². The van der Waals surface area contributed by atoms with Gasteiger partial charge in [0, 0.05) is 32.1 Å². The summed E-state index contributed by atoms with van der Waals surface area (Å²) in [6.45, 7) is 4.70. The molecular formula is C21H31N3O3. The minimum absolute atomic E-state index is 0.0536. The van der Waals surface area contributed by atoms with Crippen molar-refractivity contribution in [2.45, 2.75) is 57.4 Å². The summed E-state index contributed by atoms with van der Waals surface area (Å²) >= 11 is 0. The Morgan fingerprint density at radius 1 is 1.19 bits per heavy atom. The molecule has 2 aliphatic heterocycles. The molecule has 2 saturated heterocycles. The van der Waals surface area contributed by atoms with Crippen molar-refractivity contribution >= 4 is 11.8 Å². The van der Waals surface area contributed by atoms with E-state index in [0.29, 0.717) is 19.4 Å². The molecule has 3 rings (SSSR count). The molecule has 1 aromatic carbocycles. The zero-order chi connectivity index (χ0) is 19.2. The maximum atomic E-state index is 12.9. The molecule has 0 saturated carbocycles. The van der Waals surface area contributed by atoms with Crippen LogP contribution in [-0.4, -0.2) is 66.5 Å². The van der Waals surface area contributed by atoms with Gasteiger partial charge in [-0.15, -0.1) is 0 Å². The molecule has 0 spiro atoms. The van der Waals surface area contributed by atoms with E-state index in [1.807, 2.05) is 37.1 Å². The first-order chi connectivity index (χ1) is 13.1. The van der Waals surface area contributed by atoms with Crippen LogP contribution in [0.2, 0.25) is 0 Å². The molecule has 0 aliphatic carbocycles. The van der Waals surface area contributed by atoms with Crippen molar-refractivity contribution in [3.05, 3.63) is 35.9 Å². The summed E-state index contributed by atoms with van der Waals surface area (Å²) in [5, 5.41) is 3.01. The molecule has 6 nitrogen and oxygen atoms in total. The Bertz CT molecular complexity index is 629. The van der Waals surface area contributed by atoms with E-state index in [4.69, 9.17) is 4.74 Å². The number of nitrogens with zero attached hydrogens (tertiary/aromatic N) is 2. The van der Waals surface area contributed by atoms with Crippen molar-refractivity contribution in [2.24, 2.45) is 0 Å². The molecule has 148 valence electrons. The van der Waals surface area contributed by atoms with Crippen LogP contribution in [-0.2, 0) is 20.9 Å². The van der Waals surface area contributed by atoms with E-state index in [1.54, 1.807) is 0 Å². The van der Waals surface area contributed by atoms with Gasteiger partial charge in [-0.3, -0.25) is 14.5 Å². The molecule has 2 aliphatic rings. The van der Waals surface area contributed by atoms with E-state index in [0.717, 1.165) is 32.5 Å². The average molecular weight is 373 g/mol. The third-order valence-electron chi connectivity index (χ3n) is 5.60. The van der Waals surface area contributed by atoms with Crippen molar-refractivity contribution in [3.63, 3.8) is 0 Å². The normalized spacial score (nSPS) is 24.1. The Labute approximate surface area is 161 Å². The van der Waals surface area contributed by atoms with Crippen LogP contribution < -0.4 is 5.32 Å². The van der Waals surface area contributed by atoms with E-state index >= 15 is 0 Å². The first-order valence-corrected chi connectivity index (χ1v) is 10.0. The Balaban J connectivity index is 1.43. The lowest BCUT2D eigenvalue weighted by molar-refractivity contribution is -0.138. The van der Waals surface area contributed by atoms with Crippen LogP contribution in [0.3, 0.4) is 0 Å². The van der Waals surface area contributed by atoms with Gasteiger partial charge in [-0.25, -0.2) is 0 Å². The van der Waals surface area contributed by atoms with Gasteiger partial charge in [0.2, 0.25) is 11.8 Å². The number of hydrogen-bond acceptors (Lipinski definition) is 4. The number of carbonyl (C=O) groups is 2. The van der Waals surface area contributed by atoms with E-state index in [-0.39, 0.29) is 30.0 Å². The molecule has 1 aromatic rings.